The number of nitrogens with zero attached hydrogens (tertiary/aromatic N) is 1. The predicted molar refractivity (Wildman–Crippen MR) is 67.8 cm³/mol. The summed E-state index contributed by atoms with van der Waals surface area (Å²) in [6.07, 6.45) is 3.38. The van der Waals surface area contributed by atoms with Gasteiger partial charge in [0.25, 0.3) is 0 Å². The Labute approximate surface area is 116 Å². The highest BCUT2D eigenvalue weighted by Gasteiger charge is 2.26. The molecular formula is C15H15F2NO2. The van der Waals surface area contributed by atoms with E-state index in [9.17, 15) is 13.6 Å². The van der Waals surface area contributed by atoms with E-state index in [0.717, 1.165) is 37.8 Å². The Morgan fingerprint density at radius 1 is 1.25 bits per heavy atom. The Kier molecular flexibility index (Phi) is 4.33. The third kappa shape index (κ3) is 3.13. The third-order valence-corrected chi connectivity index (χ3v) is 3.70. The minimum Gasteiger partial charge on any atom is -0.426 e. The lowest BCUT2D eigenvalue weighted by Gasteiger charge is -2.24. The molecule has 0 radical (unpaired) electrons. The van der Waals surface area contributed by atoms with Crippen molar-refractivity contribution < 1.29 is 18.3 Å². The average Bonchev–Trinajstić information content (AvgIpc) is 2.39. The van der Waals surface area contributed by atoms with Crippen LogP contribution in [0.3, 0.4) is 0 Å². The lowest BCUT2D eigenvalue weighted by atomic mass is 9.83. The number of rotatable bonds is 2. The Bertz CT molecular complexity index is 534. The minimum atomic E-state index is -1.02. The number of halogens is 2. The molecule has 3 nitrogen and oxygen atoms in total. The number of hydrogen-bond acceptors (Lipinski definition) is 3. The number of esters is 1. The zero-order valence-corrected chi connectivity index (χ0v) is 11.2. The molecule has 1 aromatic rings. The van der Waals surface area contributed by atoms with Crippen LogP contribution in [-0.4, -0.2) is 5.97 Å². The van der Waals surface area contributed by atoms with Crippen LogP contribution in [0, 0.1) is 34.8 Å². The van der Waals surface area contributed by atoms with Crippen molar-refractivity contribution in [2.45, 2.75) is 32.6 Å². The van der Waals surface area contributed by atoms with E-state index in [1.807, 2.05) is 0 Å². The maximum Gasteiger partial charge on any atom is 0.314 e. The van der Waals surface area contributed by atoms with Gasteiger partial charge in [-0.3, -0.25) is 4.79 Å². The monoisotopic (exact) mass is 279 g/mol. The SMILES string of the molecule is CC1CCC(C(=O)Oc2cc(F)c(C#N)c(F)c2)CC1. The van der Waals surface area contributed by atoms with Gasteiger partial charge in [0.05, 0.1) is 5.92 Å². The van der Waals surface area contributed by atoms with E-state index in [2.05, 4.69) is 6.92 Å². The summed E-state index contributed by atoms with van der Waals surface area (Å²) in [6.45, 7) is 2.13. The fourth-order valence-corrected chi connectivity index (χ4v) is 2.41. The summed E-state index contributed by atoms with van der Waals surface area (Å²) in [5, 5.41) is 8.56. The van der Waals surface area contributed by atoms with Gasteiger partial charge in [-0.25, -0.2) is 8.78 Å². The van der Waals surface area contributed by atoms with Gasteiger partial charge >= 0.3 is 5.97 Å². The molecular weight excluding hydrogens is 264 g/mol. The molecule has 0 aliphatic heterocycles. The number of nitriles is 1. The number of hydrogen-bond donors (Lipinski definition) is 0. The molecule has 106 valence electrons. The van der Waals surface area contributed by atoms with Crippen molar-refractivity contribution in [3.63, 3.8) is 0 Å². The van der Waals surface area contributed by atoms with E-state index in [-0.39, 0.29) is 11.7 Å². The van der Waals surface area contributed by atoms with E-state index < -0.39 is 23.2 Å². The summed E-state index contributed by atoms with van der Waals surface area (Å²) in [7, 11) is 0. The van der Waals surface area contributed by atoms with Gasteiger partial charge in [0, 0.05) is 12.1 Å². The van der Waals surface area contributed by atoms with Crippen LogP contribution in [0.1, 0.15) is 38.2 Å². The Morgan fingerprint density at radius 3 is 2.30 bits per heavy atom. The van der Waals surface area contributed by atoms with Crippen molar-refractivity contribution in [1.29, 1.82) is 5.26 Å². The van der Waals surface area contributed by atoms with Crippen LogP contribution in [0.25, 0.3) is 0 Å². The first-order chi connectivity index (χ1) is 9.51. The maximum atomic E-state index is 13.4. The van der Waals surface area contributed by atoms with Crippen molar-refractivity contribution in [2.75, 3.05) is 0 Å². The zero-order valence-electron chi connectivity index (χ0n) is 11.2. The van der Waals surface area contributed by atoms with Crippen molar-refractivity contribution in [2.24, 2.45) is 11.8 Å². The van der Waals surface area contributed by atoms with Crippen LogP contribution in [-0.2, 0) is 4.79 Å². The van der Waals surface area contributed by atoms with Gasteiger partial charge in [-0.05, 0) is 31.6 Å². The second-order valence-electron chi connectivity index (χ2n) is 5.25. The van der Waals surface area contributed by atoms with E-state index in [0.29, 0.717) is 5.92 Å². The fourth-order valence-electron chi connectivity index (χ4n) is 2.41. The number of benzene rings is 1. The first-order valence-electron chi connectivity index (χ1n) is 6.62. The van der Waals surface area contributed by atoms with Crippen LogP contribution in [0.4, 0.5) is 8.78 Å². The van der Waals surface area contributed by atoms with Gasteiger partial charge in [-0.2, -0.15) is 5.26 Å². The molecule has 1 aromatic carbocycles. The molecule has 0 atom stereocenters. The molecule has 0 heterocycles. The van der Waals surface area contributed by atoms with E-state index >= 15 is 0 Å². The molecule has 0 amide bonds. The van der Waals surface area contributed by atoms with Crippen LogP contribution < -0.4 is 4.74 Å². The maximum absolute atomic E-state index is 13.4. The topological polar surface area (TPSA) is 50.1 Å². The van der Waals surface area contributed by atoms with E-state index in [1.165, 1.54) is 6.07 Å². The number of carbonyl (C=O) groups excluding carboxylic acids is 1. The Hall–Kier alpha value is -1.96. The van der Waals surface area contributed by atoms with Crippen LogP contribution in [0.2, 0.25) is 0 Å². The summed E-state index contributed by atoms with van der Waals surface area (Å²) in [4.78, 5) is 11.9. The van der Waals surface area contributed by atoms with E-state index in [1.54, 1.807) is 0 Å². The molecule has 1 aliphatic carbocycles. The highest BCUT2D eigenvalue weighted by Crippen LogP contribution is 2.30. The second kappa shape index (κ2) is 6.00. The summed E-state index contributed by atoms with van der Waals surface area (Å²) in [6, 6.07) is 3.15. The lowest BCUT2D eigenvalue weighted by molar-refractivity contribution is -0.140. The molecule has 0 aromatic heterocycles. The van der Waals surface area contributed by atoms with Gasteiger partial charge in [0.2, 0.25) is 0 Å². The summed E-state index contributed by atoms with van der Waals surface area (Å²) in [5.74, 6) is -2.31. The molecule has 5 heteroatoms. The van der Waals surface area contributed by atoms with Crippen LogP contribution in [0.15, 0.2) is 12.1 Å². The highest BCUT2D eigenvalue weighted by molar-refractivity contribution is 5.75. The molecule has 0 N–H and O–H groups in total. The third-order valence-electron chi connectivity index (χ3n) is 3.70. The second-order valence-corrected chi connectivity index (χ2v) is 5.25. The van der Waals surface area contributed by atoms with Crippen LogP contribution >= 0.6 is 0 Å². The molecule has 1 saturated carbocycles. The smallest absolute Gasteiger partial charge is 0.314 e. The summed E-state index contributed by atoms with van der Waals surface area (Å²) >= 11 is 0. The van der Waals surface area contributed by atoms with Crippen molar-refractivity contribution in [3.8, 4) is 11.8 Å². The van der Waals surface area contributed by atoms with Gasteiger partial charge in [-0.15, -0.1) is 0 Å². The Balaban J connectivity index is 2.07. The average molecular weight is 279 g/mol. The summed E-state index contributed by atoms with van der Waals surface area (Å²) in [5.41, 5.74) is -0.670. The van der Waals surface area contributed by atoms with Gasteiger partial charge in [0.1, 0.15) is 29.0 Å². The van der Waals surface area contributed by atoms with Crippen molar-refractivity contribution in [1.82, 2.24) is 0 Å². The Morgan fingerprint density at radius 2 is 1.80 bits per heavy atom. The standard InChI is InChI=1S/C15H15F2NO2/c1-9-2-4-10(5-3-9)15(19)20-11-6-13(16)12(8-18)14(17)7-11/h6-7,9-10H,2-5H2,1H3. The zero-order chi connectivity index (χ0) is 14.7. The first-order valence-corrected chi connectivity index (χ1v) is 6.62. The largest absolute Gasteiger partial charge is 0.426 e. The van der Waals surface area contributed by atoms with E-state index in [4.69, 9.17) is 10.00 Å². The van der Waals surface area contributed by atoms with Gasteiger partial charge < -0.3 is 4.74 Å². The molecule has 1 aliphatic rings. The molecule has 2 rings (SSSR count). The lowest BCUT2D eigenvalue weighted by Crippen LogP contribution is -2.25. The molecule has 1 fully saturated rings. The highest BCUT2D eigenvalue weighted by atomic mass is 19.1. The van der Waals surface area contributed by atoms with Crippen molar-refractivity contribution >= 4 is 5.97 Å². The molecule has 20 heavy (non-hydrogen) atoms. The van der Waals surface area contributed by atoms with Gasteiger partial charge in [-0.1, -0.05) is 6.92 Å². The normalized spacial score (nSPS) is 22.1. The first kappa shape index (κ1) is 14.4. The number of ether oxygens (including phenoxy) is 1. The van der Waals surface area contributed by atoms with Crippen LogP contribution in [0.5, 0.6) is 5.75 Å². The minimum absolute atomic E-state index is 0.192. The molecule has 0 saturated heterocycles. The molecule has 0 unspecified atom stereocenters. The molecule has 0 spiro atoms. The predicted octanol–water partition coefficient (Wildman–Crippen LogP) is 3.57. The summed E-state index contributed by atoms with van der Waals surface area (Å²) < 4.78 is 31.8. The quantitative estimate of drug-likeness (QED) is 0.614. The van der Waals surface area contributed by atoms with Crippen molar-refractivity contribution in [3.05, 3.63) is 29.3 Å². The fraction of sp³-hybridized carbons (Fsp3) is 0.467. The number of carbonyl (C=O) groups is 1. The molecule has 0 bridgehead atoms. The van der Waals surface area contributed by atoms with Gasteiger partial charge in [0.15, 0.2) is 0 Å².